The van der Waals surface area contributed by atoms with E-state index in [0.29, 0.717) is 0 Å². The minimum atomic E-state index is 0.0607. The molecule has 54 valence electrons. The van der Waals surface area contributed by atoms with Crippen LogP contribution < -0.4 is 0 Å². The Bertz CT molecular complexity index is 40.2. The van der Waals surface area contributed by atoms with E-state index in [0.717, 1.165) is 32.3 Å². The van der Waals surface area contributed by atoms with Crippen molar-refractivity contribution < 1.29 is 9.84 Å². The van der Waals surface area contributed by atoms with Gasteiger partial charge in [-0.2, -0.15) is 0 Å². The zero-order valence-electron chi connectivity index (χ0n) is 5.77. The van der Waals surface area contributed by atoms with E-state index < -0.39 is 0 Å². The highest BCUT2D eigenvalue weighted by atomic mass is 16.5. The second-order valence-electron chi connectivity index (χ2n) is 2.03. The average Bonchev–Trinajstić information content (AvgIpc) is 1.89. The minimum absolute atomic E-state index is 0.0607. The first kappa shape index (κ1) is 8.92. The molecular formula is C7H14O2. The van der Waals surface area contributed by atoms with Crippen molar-refractivity contribution in [3.63, 3.8) is 0 Å². The van der Waals surface area contributed by atoms with Crippen LogP contribution in [0.2, 0.25) is 0 Å². The Balaban J connectivity index is 2.60. The molecule has 0 spiro atoms. The number of hydrogen-bond donors (Lipinski definition) is 0. The molecule has 0 aliphatic carbocycles. The van der Waals surface area contributed by atoms with Gasteiger partial charge in [-0.05, 0) is 12.8 Å². The molecule has 0 atom stereocenters. The van der Waals surface area contributed by atoms with Gasteiger partial charge in [-0.25, -0.2) is 5.11 Å². The second-order valence-corrected chi connectivity index (χ2v) is 2.03. The van der Waals surface area contributed by atoms with Crippen molar-refractivity contribution in [1.82, 2.24) is 0 Å². The lowest BCUT2D eigenvalue weighted by atomic mass is 10.2. The van der Waals surface area contributed by atoms with Crippen molar-refractivity contribution in [1.29, 1.82) is 0 Å². The monoisotopic (exact) mass is 130 g/mol. The van der Waals surface area contributed by atoms with E-state index in [2.05, 4.69) is 11.8 Å². The molecule has 2 nitrogen and oxygen atoms in total. The SMILES string of the molecule is [CH2]OCCCCCC[O]. The van der Waals surface area contributed by atoms with Crippen LogP contribution in [0.5, 0.6) is 0 Å². The molecule has 0 amide bonds. The normalized spacial score (nSPS) is 10.0. The van der Waals surface area contributed by atoms with Gasteiger partial charge in [-0.15, -0.1) is 0 Å². The zero-order valence-corrected chi connectivity index (χ0v) is 5.77. The van der Waals surface area contributed by atoms with E-state index in [1.807, 2.05) is 0 Å². The minimum Gasteiger partial charge on any atom is -0.379 e. The molecule has 0 fully saturated rings. The van der Waals surface area contributed by atoms with E-state index in [1.54, 1.807) is 0 Å². The maximum Gasteiger partial charge on any atom is 0.0822 e. The summed E-state index contributed by atoms with van der Waals surface area (Å²) in [5.74, 6) is 0. The van der Waals surface area contributed by atoms with Gasteiger partial charge in [0.1, 0.15) is 0 Å². The summed E-state index contributed by atoms with van der Waals surface area (Å²) in [5.41, 5.74) is 0. The van der Waals surface area contributed by atoms with E-state index >= 15 is 0 Å². The maximum absolute atomic E-state index is 9.92. The third-order valence-electron chi connectivity index (χ3n) is 1.18. The Kier molecular flexibility index (Phi) is 7.85. The molecule has 9 heavy (non-hydrogen) atoms. The van der Waals surface area contributed by atoms with Crippen LogP contribution in [0.1, 0.15) is 25.7 Å². The molecule has 0 saturated heterocycles. The third-order valence-corrected chi connectivity index (χ3v) is 1.18. The summed E-state index contributed by atoms with van der Waals surface area (Å²) in [4.78, 5) is 0. The highest BCUT2D eigenvalue weighted by Gasteiger charge is 1.87. The van der Waals surface area contributed by atoms with Crippen molar-refractivity contribution in [2.24, 2.45) is 0 Å². The largest absolute Gasteiger partial charge is 0.379 e. The molecule has 0 aromatic heterocycles. The van der Waals surface area contributed by atoms with Crippen molar-refractivity contribution in [3.05, 3.63) is 7.11 Å². The van der Waals surface area contributed by atoms with Crippen molar-refractivity contribution in [2.75, 3.05) is 13.2 Å². The number of unbranched alkanes of at least 4 members (excludes halogenated alkanes) is 3. The summed E-state index contributed by atoms with van der Waals surface area (Å²) in [6, 6.07) is 0. The smallest absolute Gasteiger partial charge is 0.0822 e. The zero-order chi connectivity index (χ0) is 6.95. The Morgan fingerprint density at radius 3 is 2.33 bits per heavy atom. The van der Waals surface area contributed by atoms with E-state index in [4.69, 9.17) is 0 Å². The highest BCUT2D eigenvalue weighted by molar-refractivity contribution is 4.40. The summed E-state index contributed by atoms with van der Waals surface area (Å²) >= 11 is 0. The quantitative estimate of drug-likeness (QED) is 0.504. The Labute approximate surface area is 56.8 Å². The molecule has 0 aliphatic heterocycles. The van der Waals surface area contributed by atoms with Gasteiger partial charge >= 0.3 is 0 Å². The summed E-state index contributed by atoms with van der Waals surface area (Å²) in [7, 11) is 3.24. The molecule has 0 aromatic rings. The summed E-state index contributed by atoms with van der Waals surface area (Å²) in [5, 5.41) is 9.92. The van der Waals surface area contributed by atoms with Crippen LogP contribution in [-0.2, 0) is 9.84 Å². The lowest BCUT2D eigenvalue weighted by Crippen LogP contribution is -1.87. The number of rotatable bonds is 6. The Morgan fingerprint density at radius 2 is 1.78 bits per heavy atom. The van der Waals surface area contributed by atoms with Crippen molar-refractivity contribution in [2.45, 2.75) is 25.7 Å². The molecule has 0 aliphatic rings. The summed E-state index contributed by atoms with van der Waals surface area (Å²) in [6.07, 6.45) is 3.96. The van der Waals surface area contributed by atoms with Gasteiger partial charge in [0.25, 0.3) is 0 Å². The van der Waals surface area contributed by atoms with Gasteiger partial charge in [-0.3, -0.25) is 0 Å². The standard InChI is InChI=1S/C7H14O2/c1-9-7-5-3-2-4-6-8/h1-7H2. The Morgan fingerprint density at radius 1 is 1.11 bits per heavy atom. The van der Waals surface area contributed by atoms with Crippen LogP contribution in [0.15, 0.2) is 0 Å². The summed E-state index contributed by atoms with van der Waals surface area (Å²) < 4.78 is 4.59. The van der Waals surface area contributed by atoms with Crippen LogP contribution in [0, 0.1) is 7.11 Å². The van der Waals surface area contributed by atoms with Gasteiger partial charge in [-0.1, -0.05) is 12.8 Å². The molecule has 2 radical (unpaired) electrons. The lowest BCUT2D eigenvalue weighted by molar-refractivity contribution is 0.183. The predicted octanol–water partition coefficient (Wildman–Crippen LogP) is 1.79. The molecule has 2 heteroatoms. The van der Waals surface area contributed by atoms with Crippen molar-refractivity contribution >= 4 is 0 Å². The van der Waals surface area contributed by atoms with Crippen LogP contribution in [0.3, 0.4) is 0 Å². The van der Waals surface area contributed by atoms with Gasteiger partial charge in [0.15, 0.2) is 0 Å². The van der Waals surface area contributed by atoms with Crippen molar-refractivity contribution in [3.8, 4) is 0 Å². The average molecular weight is 130 g/mol. The molecule has 0 saturated carbocycles. The van der Waals surface area contributed by atoms with E-state index in [-0.39, 0.29) is 6.61 Å². The van der Waals surface area contributed by atoms with Gasteiger partial charge < -0.3 is 4.74 Å². The summed E-state index contributed by atoms with van der Waals surface area (Å²) in [6.45, 7) is 0.782. The van der Waals surface area contributed by atoms with Gasteiger partial charge in [0, 0.05) is 6.61 Å². The molecular weight excluding hydrogens is 116 g/mol. The third kappa shape index (κ3) is 7.92. The van der Waals surface area contributed by atoms with Crippen LogP contribution >= 0.6 is 0 Å². The molecule has 0 aromatic carbocycles. The Hall–Kier alpha value is -0.0800. The first-order valence-corrected chi connectivity index (χ1v) is 3.37. The van der Waals surface area contributed by atoms with Gasteiger partial charge in [0.2, 0.25) is 0 Å². The number of hydrogen-bond acceptors (Lipinski definition) is 1. The number of ether oxygens (including phenoxy) is 1. The molecule has 0 N–H and O–H groups in total. The second kappa shape index (κ2) is 7.92. The first-order chi connectivity index (χ1) is 4.41. The van der Waals surface area contributed by atoms with E-state index in [1.165, 1.54) is 0 Å². The van der Waals surface area contributed by atoms with Crippen LogP contribution in [0.25, 0.3) is 0 Å². The molecule has 0 bridgehead atoms. The predicted molar refractivity (Wildman–Crippen MR) is 35.3 cm³/mol. The fourth-order valence-electron chi connectivity index (χ4n) is 0.660. The fourth-order valence-corrected chi connectivity index (χ4v) is 0.660. The molecule has 0 heterocycles. The van der Waals surface area contributed by atoms with E-state index in [9.17, 15) is 5.11 Å². The lowest BCUT2D eigenvalue weighted by Gasteiger charge is -1.96. The van der Waals surface area contributed by atoms with Gasteiger partial charge in [0.05, 0.1) is 13.7 Å². The molecule has 0 unspecified atom stereocenters. The fraction of sp³-hybridized carbons (Fsp3) is 0.857. The first-order valence-electron chi connectivity index (χ1n) is 3.37. The molecule has 0 rings (SSSR count). The topological polar surface area (TPSA) is 29.1 Å². The highest BCUT2D eigenvalue weighted by Crippen LogP contribution is 1.98. The van der Waals surface area contributed by atoms with Crippen LogP contribution in [0.4, 0.5) is 0 Å². The van der Waals surface area contributed by atoms with Crippen LogP contribution in [-0.4, -0.2) is 13.2 Å². The maximum atomic E-state index is 9.92.